The van der Waals surface area contributed by atoms with Gasteiger partial charge in [-0.1, -0.05) is 20.8 Å². The molecule has 1 saturated heterocycles. The number of primary amides is 1. The van der Waals surface area contributed by atoms with E-state index in [4.69, 9.17) is 11.0 Å². The summed E-state index contributed by atoms with van der Waals surface area (Å²) in [6.07, 6.45) is 1.26. The topological polar surface area (TPSA) is 70.1 Å². The number of piperidine rings is 1. The van der Waals surface area contributed by atoms with E-state index in [1.54, 1.807) is 0 Å². The van der Waals surface area contributed by atoms with E-state index in [1.165, 1.54) is 0 Å². The molecular formula is C12H20N3O. The summed E-state index contributed by atoms with van der Waals surface area (Å²) in [4.78, 5) is 13.5. The van der Waals surface area contributed by atoms with Crippen LogP contribution in [0.4, 0.5) is 0 Å². The molecule has 0 saturated carbocycles. The average molecular weight is 222 g/mol. The number of likely N-dealkylation sites (tertiary alicyclic amines) is 1. The van der Waals surface area contributed by atoms with Crippen LogP contribution in [0, 0.1) is 22.7 Å². The highest BCUT2D eigenvalue weighted by Gasteiger charge is 2.34. The fraction of sp³-hybridized carbons (Fsp3) is 0.750. The molecule has 1 fully saturated rings. The Morgan fingerprint density at radius 3 is 2.69 bits per heavy atom. The van der Waals surface area contributed by atoms with Gasteiger partial charge in [-0.3, -0.25) is 9.69 Å². The lowest BCUT2D eigenvalue weighted by Gasteiger charge is -2.39. The molecule has 1 heterocycles. The Balaban J connectivity index is 2.70. The van der Waals surface area contributed by atoms with E-state index in [0.717, 1.165) is 25.4 Å². The predicted octanol–water partition coefficient (Wildman–Crippen LogP) is 1.08. The van der Waals surface area contributed by atoms with E-state index in [1.807, 2.05) is 0 Å². The summed E-state index contributed by atoms with van der Waals surface area (Å²) < 4.78 is 0. The largest absolute Gasteiger partial charge is 0.368 e. The molecular weight excluding hydrogens is 202 g/mol. The van der Waals surface area contributed by atoms with E-state index < -0.39 is 0 Å². The number of carbonyl (C=O) groups is 1. The highest BCUT2D eigenvalue weighted by atomic mass is 16.1. The molecule has 0 aromatic rings. The number of amides is 1. The van der Waals surface area contributed by atoms with Gasteiger partial charge in [0.1, 0.15) is 0 Å². The number of nitrogens with zero attached hydrogens (tertiary/aromatic N) is 2. The van der Waals surface area contributed by atoms with Crippen LogP contribution < -0.4 is 5.73 Å². The molecule has 1 amide bonds. The zero-order chi connectivity index (χ0) is 12.3. The maximum absolute atomic E-state index is 11.4. The highest BCUT2D eigenvalue weighted by Crippen LogP contribution is 2.27. The first-order valence-corrected chi connectivity index (χ1v) is 5.61. The van der Waals surface area contributed by atoms with Crippen molar-refractivity contribution in [2.45, 2.75) is 39.7 Å². The summed E-state index contributed by atoms with van der Waals surface area (Å²) in [6, 6.07) is 1.85. The van der Waals surface area contributed by atoms with Crippen molar-refractivity contribution in [3.8, 4) is 6.07 Å². The standard InChI is InChI=1S/C12H20N3O/c1-12(2,3)8-15-5-4-9(7-13)6-10(15)11(14)16/h10H,4-6,8H2,1-3H3,(H2,14,16). The molecule has 4 nitrogen and oxygen atoms in total. The fourth-order valence-corrected chi connectivity index (χ4v) is 2.08. The minimum atomic E-state index is -0.322. The minimum Gasteiger partial charge on any atom is -0.368 e. The first-order chi connectivity index (χ1) is 7.33. The Labute approximate surface area is 97.4 Å². The molecule has 0 aromatic carbocycles. The molecule has 16 heavy (non-hydrogen) atoms. The molecule has 4 heteroatoms. The van der Waals surface area contributed by atoms with Crippen molar-refractivity contribution in [2.75, 3.05) is 13.1 Å². The van der Waals surface area contributed by atoms with Gasteiger partial charge >= 0.3 is 0 Å². The van der Waals surface area contributed by atoms with Crippen molar-refractivity contribution in [2.24, 2.45) is 11.1 Å². The molecule has 1 rings (SSSR count). The number of carbonyl (C=O) groups excluding carboxylic acids is 1. The van der Waals surface area contributed by atoms with Crippen molar-refractivity contribution in [1.82, 2.24) is 4.90 Å². The van der Waals surface area contributed by atoms with Gasteiger partial charge < -0.3 is 5.73 Å². The Morgan fingerprint density at radius 1 is 1.62 bits per heavy atom. The summed E-state index contributed by atoms with van der Waals surface area (Å²) >= 11 is 0. The summed E-state index contributed by atoms with van der Waals surface area (Å²) in [5.41, 5.74) is 5.53. The van der Waals surface area contributed by atoms with Gasteiger partial charge in [0, 0.05) is 13.1 Å². The van der Waals surface area contributed by atoms with Crippen LogP contribution in [0.3, 0.4) is 0 Å². The highest BCUT2D eigenvalue weighted by molar-refractivity contribution is 5.80. The van der Waals surface area contributed by atoms with Crippen molar-refractivity contribution in [1.29, 1.82) is 5.26 Å². The number of hydrogen-bond acceptors (Lipinski definition) is 3. The Morgan fingerprint density at radius 2 is 2.25 bits per heavy atom. The van der Waals surface area contributed by atoms with Crippen LogP contribution in [0.1, 0.15) is 33.6 Å². The lowest BCUT2D eigenvalue weighted by atomic mass is 9.88. The smallest absolute Gasteiger partial charge is 0.234 e. The lowest BCUT2D eigenvalue weighted by Crippen LogP contribution is -2.51. The van der Waals surface area contributed by atoms with Crippen molar-refractivity contribution < 1.29 is 4.79 Å². The average Bonchev–Trinajstić information content (AvgIpc) is 2.15. The van der Waals surface area contributed by atoms with Gasteiger partial charge in [0.15, 0.2) is 0 Å². The van der Waals surface area contributed by atoms with Crippen LogP contribution in [0.15, 0.2) is 0 Å². The van der Waals surface area contributed by atoms with Crippen molar-refractivity contribution >= 4 is 5.91 Å². The van der Waals surface area contributed by atoms with Crippen LogP contribution in [0.25, 0.3) is 0 Å². The number of rotatable bonds is 2. The van der Waals surface area contributed by atoms with Gasteiger partial charge in [-0.25, -0.2) is 0 Å². The van der Waals surface area contributed by atoms with Crippen molar-refractivity contribution in [3.63, 3.8) is 0 Å². The Kier molecular flexibility index (Phi) is 3.93. The third-order valence-corrected chi connectivity index (χ3v) is 2.75. The van der Waals surface area contributed by atoms with Gasteiger partial charge in [0.05, 0.1) is 18.0 Å². The molecule has 0 bridgehead atoms. The molecule has 0 aliphatic carbocycles. The zero-order valence-electron chi connectivity index (χ0n) is 10.3. The molecule has 2 N–H and O–H groups in total. The van der Waals surface area contributed by atoms with Crippen molar-refractivity contribution in [3.05, 3.63) is 5.92 Å². The SMILES string of the molecule is CC(C)(C)CN1CC[C](C#N)CC1C(N)=O. The van der Waals surface area contributed by atoms with E-state index >= 15 is 0 Å². The maximum atomic E-state index is 11.4. The summed E-state index contributed by atoms with van der Waals surface area (Å²) in [5.74, 6) is 0.464. The van der Waals surface area contributed by atoms with Crippen LogP contribution in [-0.4, -0.2) is 29.9 Å². The molecule has 0 spiro atoms. The quantitative estimate of drug-likeness (QED) is 0.760. The van der Waals surface area contributed by atoms with Gasteiger partial charge in [0.2, 0.25) is 5.91 Å². The molecule has 1 atom stereocenters. The van der Waals surface area contributed by atoms with E-state index in [9.17, 15) is 4.79 Å². The molecule has 1 unspecified atom stereocenters. The van der Waals surface area contributed by atoms with Crippen LogP contribution in [0.5, 0.6) is 0 Å². The van der Waals surface area contributed by atoms with Crippen LogP contribution in [0.2, 0.25) is 0 Å². The van der Waals surface area contributed by atoms with Gasteiger partial charge in [-0.15, -0.1) is 0 Å². The number of nitriles is 1. The third kappa shape index (κ3) is 3.49. The summed E-state index contributed by atoms with van der Waals surface area (Å²) in [7, 11) is 0. The van der Waals surface area contributed by atoms with Gasteiger partial charge in [-0.2, -0.15) is 5.26 Å². The monoisotopic (exact) mass is 222 g/mol. The van der Waals surface area contributed by atoms with E-state index in [2.05, 4.69) is 31.7 Å². The van der Waals surface area contributed by atoms with Gasteiger partial charge in [0.25, 0.3) is 0 Å². The number of nitrogens with two attached hydrogens (primary N) is 1. The molecule has 0 aromatic heterocycles. The first-order valence-electron chi connectivity index (χ1n) is 5.61. The second-order valence-electron chi connectivity index (χ2n) is 5.62. The molecule has 89 valence electrons. The Hall–Kier alpha value is -1.08. The maximum Gasteiger partial charge on any atom is 0.234 e. The zero-order valence-corrected chi connectivity index (χ0v) is 10.3. The summed E-state index contributed by atoms with van der Waals surface area (Å²) in [5, 5.41) is 8.85. The molecule has 1 radical (unpaired) electrons. The Bertz CT molecular complexity index is 300. The second kappa shape index (κ2) is 4.84. The number of hydrogen-bond donors (Lipinski definition) is 1. The normalized spacial score (nSPS) is 24.0. The van der Waals surface area contributed by atoms with Crippen LogP contribution in [-0.2, 0) is 4.79 Å². The van der Waals surface area contributed by atoms with E-state index in [-0.39, 0.29) is 17.4 Å². The fourth-order valence-electron chi connectivity index (χ4n) is 2.08. The van der Waals surface area contributed by atoms with Crippen LogP contribution >= 0.6 is 0 Å². The van der Waals surface area contributed by atoms with E-state index in [0.29, 0.717) is 6.42 Å². The summed E-state index contributed by atoms with van der Waals surface area (Å²) in [6.45, 7) is 7.99. The van der Waals surface area contributed by atoms with Gasteiger partial charge in [-0.05, 0) is 18.3 Å². The minimum absolute atomic E-state index is 0.137. The third-order valence-electron chi connectivity index (χ3n) is 2.75. The second-order valence-corrected chi connectivity index (χ2v) is 5.62. The first kappa shape index (κ1) is 13.0. The lowest BCUT2D eigenvalue weighted by molar-refractivity contribution is -0.124. The molecule has 1 aliphatic heterocycles. The molecule has 1 aliphatic rings. The predicted molar refractivity (Wildman–Crippen MR) is 62.1 cm³/mol.